The smallest absolute Gasteiger partial charge is 0.147 e. The number of piperazine rings is 1. The predicted molar refractivity (Wildman–Crippen MR) is 88.2 cm³/mol. The molecule has 2 aromatic rings. The second-order valence-corrected chi connectivity index (χ2v) is 5.95. The lowest BCUT2D eigenvalue weighted by molar-refractivity contribution is 0.247. The fourth-order valence-electron chi connectivity index (χ4n) is 2.92. The van der Waals surface area contributed by atoms with Crippen molar-refractivity contribution in [2.24, 2.45) is 5.92 Å². The fraction of sp³-hybridized carbons (Fsp3) is 0.500. The van der Waals surface area contributed by atoms with Crippen LogP contribution in [0.3, 0.4) is 0 Å². The largest absolute Gasteiger partial charge is 0.353 e. The molecule has 0 spiro atoms. The van der Waals surface area contributed by atoms with E-state index in [9.17, 15) is 0 Å². The van der Waals surface area contributed by atoms with Crippen molar-refractivity contribution in [3.05, 3.63) is 30.5 Å². The molecule has 1 aliphatic heterocycles. The molecule has 1 saturated heterocycles. The molecule has 0 atom stereocenters. The molecule has 0 bridgehead atoms. The molecule has 1 aromatic carbocycles. The maximum Gasteiger partial charge on any atom is 0.147 e. The van der Waals surface area contributed by atoms with Crippen molar-refractivity contribution >= 4 is 29.3 Å². The topological polar surface area (TPSA) is 32.3 Å². The van der Waals surface area contributed by atoms with Crippen LogP contribution in [0.4, 0.5) is 5.82 Å². The van der Waals surface area contributed by atoms with Crippen LogP contribution in [0, 0.1) is 5.92 Å². The van der Waals surface area contributed by atoms with Gasteiger partial charge in [0.05, 0.1) is 17.2 Å². The maximum atomic E-state index is 4.74. The number of para-hydroxylation sites is 2. The lowest BCUT2D eigenvalue weighted by Crippen LogP contribution is -2.47. The van der Waals surface area contributed by atoms with Crippen LogP contribution >= 0.6 is 12.4 Å². The highest BCUT2D eigenvalue weighted by Gasteiger charge is 2.26. The molecule has 4 rings (SSSR count). The minimum Gasteiger partial charge on any atom is -0.353 e. The summed E-state index contributed by atoms with van der Waals surface area (Å²) in [7, 11) is 0. The Labute approximate surface area is 131 Å². The SMILES string of the molecule is Cl.c1ccc2nc(N3CCN(CC4CC4)CC3)cnc2c1. The van der Waals surface area contributed by atoms with Crippen LogP contribution in [0.5, 0.6) is 0 Å². The highest BCUT2D eigenvalue weighted by Crippen LogP contribution is 2.30. The zero-order chi connectivity index (χ0) is 13.4. The van der Waals surface area contributed by atoms with Crippen LogP contribution in [-0.2, 0) is 0 Å². The summed E-state index contributed by atoms with van der Waals surface area (Å²) in [5.74, 6) is 2.01. The van der Waals surface area contributed by atoms with E-state index in [1.54, 1.807) is 0 Å². The Morgan fingerprint density at radius 1 is 1.00 bits per heavy atom. The zero-order valence-electron chi connectivity index (χ0n) is 12.1. The standard InChI is InChI=1S/C16H20N4.ClH/c1-2-4-15-14(3-1)17-11-16(18-15)20-9-7-19(8-10-20)12-13-5-6-13;/h1-4,11,13H,5-10,12H2;1H. The predicted octanol–water partition coefficient (Wildman–Crippen LogP) is 2.58. The minimum absolute atomic E-state index is 0. The molecule has 2 fully saturated rings. The molecule has 2 aliphatic rings. The van der Waals surface area contributed by atoms with Crippen LogP contribution < -0.4 is 4.90 Å². The Kier molecular flexibility index (Phi) is 4.27. The summed E-state index contributed by atoms with van der Waals surface area (Å²) in [6.45, 7) is 5.76. The first-order chi connectivity index (χ1) is 9.88. The highest BCUT2D eigenvalue weighted by atomic mass is 35.5. The second kappa shape index (κ2) is 6.16. The van der Waals surface area contributed by atoms with E-state index in [1.165, 1.54) is 19.4 Å². The Hall–Kier alpha value is -1.39. The number of benzene rings is 1. The summed E-state index contributed by atoms with van der Waals surface area (Å²) in [6, 6.07) is 8.08. The molecular weight excluding hydrogens is 284 g/mol. The summed E-state index contributed by atoms with van der Waals surface area (Å²) >= 11 is 0. The molecule has 0 unspecified atom stereocenters. The van der Waals surface area contributed by atoms with Crippen molar-refractivity contribution in [3.63, 3.8) is 0 Å². The third kappa shape index (κ3) is 3.27. The molecule has 1 aromatic heterocycles. The van der Waals surface area contributed by atoms with Crippen LogP contribution in [0.1, 0.15) is 12.8 Å². The van der Waals surface area contributed by atoms with Crippen molar-refractivity contribution in [3.8, 4) is 0 Å². The molecule has 0 radical (unpaired) electrons. The number of rotatable bonds is 3. The third-order valence-corrected chi connectivity index (χ3v) is 4.35. The lowest BCUT2D eigenvalue weighted by Gasteiger charge is -2.35. The fourth-order valence-corrected chi connectivity index (χ4v) is 2.92. The average molecular weight is 305 g/mol. The summed E-state index contributed by atoms with van der Waals surface area (Å²) in [6.07, 6.45) is 4.80. The molecule has 2 heterocycles. The summed E-state index contributed by atoms with van der Waals surface area (Å²) in [5, 5.41) is 0. The molecule has 112 valence electrons. The van der Waals surface area contributed by atoms with Crippen LogP contribution in [0.15, 0.2) is 30.5 Å². The van der Waals surface area contributed by atoms with Crippen LogP contribution in [0.2, 0.25) is 0 Å². The first-order valence-electron chi connectivity index (χ1n) is 7.57. The van der Waals surface area contributed by atoms with E-state index in [0.29, 0.717) is 0 Å². The molecule has 5 heteroatoms. The van der Waals surface area contributed by atoms with Crippen molar-refractivity contribution in [2.45, 2.75) is 12.8 Å². The zero-order valence-corrected chi connectivity index (χ0v) is 12.9. The molecule has 0 amide bonds. The van der Waals surface area contributed by atoms with Gasteiger partial charge >= 0.3 is 0 Å². The van der Waals surface area contributed by atoms with Gasteiger partial charge in [-0.2, -0.15) is 0 Å². The van der Waals surface area contributed by atoms with E-state index in [4.69, 9.17) is 4.98 Å². The van der Waals surface area contributed by atoms with E-state index in [2.05, 4.69) is 14.8 Å². The number of halogens is 1. The molecule has 4 nitrogen and oxygen atoms in total. The highest BCUT2D eigenvalue weighted by molar-refractivity contribution is 5.85. The summed E-state index contributed by atoms with van der Waals surface area (Å²) in [5.41, 5.74) is 1.97. The van der Waals surface area contributed by atoms with E-state index in [-0.39, 0.29) is 12.4 Å². The van der Waals surface area contributed by atoms with Gasteiger partial charge in [-0.15, -0.1) is 12.4 Å². The van der Waals surface area contributed by atoms with E-state index in [1.807, 2.05) is 30.5 Å². The van der Waals surface area contributed by atoms with E-state index >= 15 is 0 Å². The summed E-state index contributed by atoms with van der Waals surface area (Å²) < 4.78 is 0. The Bertz CT molecular complexity index is 606. The van der Waals surface area contributed by atoms with Crippen molar-refractivity contribution in [1.82, 2.24) is 14.9 Å². The Morgan fingerprint density at radius 2 is 1.71 bits per heavy atom. The second-order valence-electron chi connectivity index (χ2n) is 5.95. The van der Waals surface area contributed by atoms with Gasteiger partial charge in [0, 0.05) is 32.7 Å². The van der Waals surface area contributed by atoms with Gasteiger partial charge in [-0.3, -0.25) is 9.88 Å². The van der Waals surface area contributed by atoms with Gasteiger partial charge < -0.3 is 4.90 Å². The first kappa shape index (κ1) is 14.5. The average Bonchev–Trinajstić information content (AvgIpc) is 3.32. The van der Waals surface area contributed by atoms with Gasteiger partial charge in [0.1, 0.15) is 5.82 Å². The quantitative estimate of drug-likeness (QED) is 0.872. The van der Waals surface area contributed by atoms with E-state index in [0.717, 1.165) is 48.9 Å². The Morgan fingerprint density at radius 3 is 2.43 bits per heavy atom. The van der Waals surface area contributed by atoms with Gasteiger partial charge in [0.25, 0.3) is 0 Å². The summed E-state index contributed by atoms with van der Waals surface area (Å²) in [4.78, 5) is 14.2. The molecule has 1 saturated carbocycles. The van der Waals surface area contributed by atoms with Crippen molar-refractivity contribution in [1.29, 1.82) is 0 Å². The van der Waals surface area contributed by atoms with Crippen molar-refractivity contribution in [2.75, 3.05) is 37.6 Å². The number of hydrogen-bond acceptors (Lipinski definition) is 4. The maximum absolute atomic E-state index is 4.74. The van der Waals surface area contributed by atoms with Crippen molar-refractivity contribution < 1.29 is 0 Å². The molecule has 0 N–H and O–H groups in total. The van der Waals surface area contributed by atoms with Gasteiger partial charge in [0.15, 0.2) is 0 Å². The number of nitrogens with zero attached hydrogens (tertiary/aromatic N) is 4. The first-order valence-corrected chi connectivity index (χ1v) is 7.57. The molecule has 1 aliphatic carbocycles. The molecular formula is C16H21ClN4. The third-order valence-electron chi connectivity index (χ3n) is 4.35. The van der Waals surface area contributed by atoms with Crippen LogP contribution in [-0.4, -0.2) is 47.6 Å². The van der Waals surface area contributed by atoms with E-state index < -0.39 is 0 Å². The van der Waals surface area contributed by atoms with Gasteiger partial charge in [-0.05, 0) is 30.9 Å². The number of fused-ring (bicyclic) bond motifs is 1. The lowest BCUT2D eigenvalue weighted by atomic mass is 10.2. The normalized spacial score (nSPS) is 19.5. The number of anilines is 1. The Balaban J connectivity index is 0.00000132. The minimum atomic E-state index is 0. The molecule has 21 heavy (non-hydrogen) atoms. The van der Waals surface area contributed by atoms with Gasteiger partial charge in [-0.25, -0.2) is 4.98 Å². The monoisotopic (exact) mass is 304 g/mol. The number of aromatic nitrogens is 2. The van der Waals surface area contributed by atoms with Crippen LogP contribution in [0.25, 0.3) is 11.0 Å². The van der Waals surface area contributed by atoms with Gasteiger partial charge in [-0.1, -0.05) is 12.1 Å². The van der Waals surface area contributed by atoms with Gasteiger partial charge in [0.2, 0.25) is 0 Å². The number of hydrogen-bond donors (Lipinski definition) is 0.